The van der Waals surface area contributed by atoms with Crippen molar-refractivity contribution in [1.29, 1.82) is 0 Å². The summed E-state index contributed by atoms with van der Waals surface area (Å²) in [5.41, 5.74) is 0.849. The molecule has 0 aromatic heterocycles. The highest BCUT2D eigenvalue weighted by molar-refractivity contribution is 6.30. The van der Waals surface area contributed by atoms with Crippen molar-refractivity contribution >= 4 is 29.2 Å². The quantitative estimate of drug-likeness (QED) is 0.537. The molecule has 1 aromatic rings. The van der Waals surface area contributed by atoms with E-state index < -0.39 is 0 Å². The number of likely N-dealkylation sites (tertiary alicyclic amines) is 2. The molecule has 3 fully saturated rings. The molecule has 8 heteroatoms. The molecule has 1 aromatic carbocycles. The number of piperidine rings is 2. The summed E-state index contributed by atoms with van der Waals surface area (Å²) in [4.78, 5) is 30.1. The van der Waals surface area contributed by atoms with E-state index in [0.717, 1.165) is 51.7 Å². The molecule has 2 aliphatic heterocycles. The van der Waals surface area contributed by atoms with Gasteiger partial charge in [-0.05, 0) is 75.1 Å². The molecule has 3 amide bonds. The molecule has 3 aliphatic rings. The lowest BCUT2D eigenvalue weighted by molar-refractivity contribution is -0.142. The van der Waals surface area contributed by atoms with Crippen molar-refractivity contribution < 1.29 is 14.7 Å². The fraction of sp³-hybridized carbons (Fsp3) is 0.692. The van der Waals surface area contributed by atoms with E-state index in [-0.39, 0.29) is 41.5 Å². The summed E-state index contributed by atoms with van der Waals surface area (Å²) in [7, 11) is 0. The van der Waals surface area contributed by atoms with Crippen LogP contribution in [0.1, 0.15) is 58.8 Å². The molecule has 3 N–H and O–H groups in total. The standard InChI is InChI=1S/C26H39ClN4O3/c1-18(2)24(33)31-21(9-13-30-14-12-26(10-11-26)23(32)17-30)7-4-8-22(31)16-28-25(34)29-20-6-3-5-19(27)15-20/h3,5-6,15,18,21-23,32H,4,7-14,16-17H2,1-2H3,(H2,28,29,34)/t21-,22+,23-/m1/s1. The average Bonchev–Trinajstić information content (AvgIpc) is 3.59. The fourth-order valence-electron chi connectivity index (χ4n) is 5.61. The first kappa shape index (κ1) is 25.3. The first-order chi connectivity index (χ1) is 16.3. The Bertz CT molecular complexity index is 875. The van der Waals surface area contributed by atoms with E-state index in [1.54, 1.807) is 24.3 Å². The van der Waals surface area contributed by atoms with Gasteiger partial charge in [-0.1, -0.05) is 31.5 Å². The molecule has 0 bridgehead atoms. The zero-order valence-electron chi connectivity index (χ0n) is 20.4. The topological polar surface area (TPSA) is 84.9 Å². The molecule has 3 atom stereocenters. The first-order valence-corrected chi connectivity index (χ1v) is 13.2. The Labute approximate surface area is 208 Å². The van der Waals surface area contributed by atoms with Crippen LogP contribution in [0.3, 0.4) is 0 Å². The van der Waals surface area contributed by atoms with Crippen LogP contribution in [0.15, 0.2) is 24.3 Å². The highest BCUT2D eigenvalue weighted by Crippen LogP contribution is 2.53. The van der Waals surface area contributed by atoms with Crippen molar-refractivity contribution in [2.24, 2.45) is 11.3 Å². The number of carbonyl (C=O) groups is 2. The number of halogens is 1. The number of anilines is 1. The zero-order chi connectivity index (χ0) is 24.3. The van der Waals surface area contributed by atoms with Crippen molar-refractivity contribution in [3.8, 4) is 0 Å². The maximum atomic E-state index is 13.2. The zero-order valence-corrected chi connectivity index (χ0v) is 21.2. The Morgan fingerprint density at radius 1 is 1.21 bits per heavy atom. The highest BCUT2D eigenvalue weighted by Gasteiger charge is 2.51. The second-order valence-electron chi connectivity index (χ2n) is 10.7. The monoisotopic (exact) mass is 490 g/mol. The molecule has 188 valence electrons. The van der Waals surface area contributed by atoms with Gasteiger partial charge in [0.1, 0.15) is 0 Å². The number of carbonyl (C=O) groups excluding carboxylic acids is 2. The molecule has 0 radical (unpaired) electrons. The van der Waals surface area contributed by atoms with Crippen LogP contribution >= 0.6 is 11.6 Å². The predicted molar refractivity (Wildman–Crippen MR) is 135 cm³/mol. The smallest absolute Gasteiger partial charge is 0.319 e. The van der Waals surface area contributed by atoms with Gasteiger partial charge in [-0.3, -0.25) is 4.79 Å². The maximum Gasteiger partial charge on any atom is 0.319 e. The summed E-state index contributed by atoms with van der Waals surface area (Å²) in [5, 5.41) is 16.9. The second-order valence-corrected chi connectivity index (χ2v) is 11.1. The molecular formula is C26H39ClN4O3. The van der Waals surface area contributed by atoms with E-state index in [9.17, 15) is 14.7 Å². The third-order valence-corrected chi connectivity index (χ3v) is 8.16. The van der Waals surface area contributed by atoms with Crippen molar-refractivity contribution in [3.63, 3.8) is 0 Å². The summed E-state index contributed by atoms with van der Waals surface area (Å²) < 4.78 is 0. The van der Waals surface area contributed by atoms with Crippen LogP contribution in [0.5, 0.6) is 0 Å². The largest absolute Gasteiger partial charge is 0.391 e. The molecule has 1 saturated carbocycles. The average molecular weight is 491 g/mol. The molecule has 2 heterocycles. The van der Waals surface area contributed by atoms with Crippen LogP contribution < -0.4 is 10.6 Å². The van der Waals surface area contributed by atoms with Gasteiger partial charge in [-0.25, -0.2) is 4.79 Å². The Balaban J connectivity index is 1.33. The Morgan fingerprint density at radius 2 is 1.97 bits per heavy atom. The third kappa shape index (κ3) is 6.04. The van der Waals surface area contributed by atoms with Gasteiger partial charge in [0.2, 0.25) is 5.91 Å². The lowest BCUT2D eigenvalue weighted by atomic mass is 9.89. The van der Waals surface area contributed by atoms with Crippen molar-refractivity contribution in [1.82, 2.24) is 15.1 Å². The van der Waals surface area contributed by atoms with Gasteiger partial charge in [0.15, 0.2) is 0 Å². The number of β-amino-alcohol motifs (C(OH)–C–C–N with tert-alkyl or cyclic N) is 1. The van der Waals surface area contributed by atoms with Crippen molar-refractivity contribution in [3.05, 3.63) is 29.3 Å². The SMILES string of the molecule is CC(C)C(=O)N1[C@@H](CCN2CCC3(CC3)[C@H](O)C2)CCC[C@H]1CNC(=O)Nc1cccc(Cl)c1. The summed E-state index contributed by atoms with van der Waals surface area (Å²) in [6, 6.07) is 6.90. The number of amides is 3. The number of urea groups is 1. The van der Waals surface area contributed by atoms with Gasteiger partial charge in [-0.15, -0.1) is 0 Å². The van der Waals surface area contributed by atoms with E-state index in [1.807, 2.05) is 13.8 Å². The molecule has 0 unspecified atom stereocenters. The number of hydrogen-bond acceptors (Lipinski definition) is 4. The second kappa shape index (κ2) is 10.8. The van der Waals surface area contributed by atoms with Crippen LogP contribution in [0, 0.1) is 11.3 Å². The number of hydrogen-bond donors (Lipinski definition) is 3. The van der Waals surface area contributed by atoms with Gasteiger partial charge < -0.3 is 25.5 Å². The van der Waals surface area contributed by atoms with Crippen LogP contribution in [0.2, 0.25) is 5.02 Å². The van der Waals surface area contributed by atoms with Crippen LogP contribution in [-0.2, 0) is 4.79 Å². The predicted octanol–water partition coefficient (Wildman–Crippen LogP) is 4.10. The van der Waals surface area contributed by atoms with Gasteiger partial charge in [-0.2, -0.15) is 0 Å². The van der Waals surface area contributed by atoms with Crippen LogP contribution in [-0.4, -0.2) is 71.2 Å². The first-order valence-electron chi connectivity index (χ1n) is 12.8. The Hall–Kier alpha value is -1.83. The summed E-state index contributed by atoms with van der Waals surface area (Å²) in [6.07, 6.45) is 7.03. The van der Waals surface area contributed by atoms with Crippen LogP contribution in [0.25, 0.3) is 0 Å². The van der Waals surface area contributed by atoms with E-state index >= 15 is 0 Å². The minimum absolute atomic E-state index is 0.0135. The van der Waals surface area contributed by atoms with Gasteiger partial charge >= 0.3 is 6.03 Å². The number of aliphatic hydroxyl groups excluding tert-OH is 1. The normalized spacial score (nSPS) is 26.5. The Kier molecular flexibility index (Phi) is 8.05. The third-order valence-electron chi connectivity index (χ3n) is 7.93. The minimum Gasteiger partial charge on any atom is -0.391 e. The fourth-order valence-corrected chi connectivity index (χ4v) is 5.80. The van der Waals surface area contributed by atoms with Crippen LogP contribution in [0.4, 0.5) is 10.5 Å². The van der Waals surface area contributed by atoms with E-state index in [1.165, 1.54) is 12.8 Å². The van der Waals surface area contributed by atoms with Gasteiger partial charge in [0, 0.05) is 48.3 Å². The molecule has 1 aliphatic carbocycles. The van der Waals surface area contributed by atoms with E-state index in [0.29, 0.717) is 17.3 Å². The molecule has 7 nitrogen and oxygen atoms in total. The summed E-state index contributed by atoms with van der Waals surface area (Å²) in [6.45, 7) is 7.00. The summed E-state index contributed by atoms with van der Waals surface area (Å²) >= 11 is 6.00. The number of aliphatic hydroxyl groups is 1. The Morgan fingerprint density at radius 3 is 2.65 bits per heavy atom. The number of rotatable bonds is 7. The van der Waals surface area contributed by atoms with Gasteiger partial charge in [0.05, 0.1) is 6.10 Å². The highest BCUT2D eigenvalue weighted by atomic mass is 35.5. The van der Waals surface area contributed by atoms with Gasteiger partial charge in [0.25, 0.3) is 0 Å². The molecule has 4 rings (SSSR count). The molecule has 2 saturated heterocycles. The molecule has 1 spiro atoms. The lowest BCUT2D eigenvalue weighted by Gasteiger charge is -2.44. The van der Waals surface area contributed by atoms with E-state index in [2.05, 4.69) is 20.4 Å². The number of benzene rings is 1. The number of nitrogens with one attached hydrogen (secondary N) is 2. The lowest BCUT2D eigenvalue weighted by Crippen LogP contribution is -2.56. The van der Waals surface area contributed by atoms with Crippen molar-refractivity contribution in [2.75, 3.05) is 31.5 Å². The minimum atomic E-state index is -0.294. The maximum absolute atomic E-state index is 13.2. The molecule has 34 heavy (non-hydrogen) atoms. The number of nitrogens with zero attached hydrogens (tertiary/aromatic N) is 2. The summed E-state index contributed by atoms with van der Waals surface area (Å²) in [5.74, 6) is 0.0669. The van der Waals surface area contributed by atoms with E-state index in [4.69, 9.17) is 11.6 Å². The molecular weight excluding hydrogens is 452 g/mol. The van der Waals surface area contributed by atoms with Crippen molar-refractivity contribution in [2.45, 2.75) is 77.0 Å².